The van der Waals surface area contributed by atoms with E-state index in [9.17, 15) is 4.39 Å². The van der Waals surface area contributed by atoms with Crippen molar-refractivity contribution in [1.82, 2.24) is 14.6 Å². The van der Waals surface area contributed by atoms with Gasteiger partial charge in [0, 0.05) is 12.1 Å². The van der Waals surface area contributed by atoms with Crippen molar-refractivity contribution >= 4 is 43.8 Å². The van der Waals surface area contributed by atoms with Crippen LogP contribution in [0, 0.1) is 5.82 Å². The minimum absolute atomic E-state index is 0.117. The summed E-state index contributed by atoms with van der Waals surface area (Å²) < 4.78 is 15.1. The van der Waals surface area contributed by atoms with Gasteiger partial charge in [-0.2, -0.15) is 0 Å². The Labute approximate surface area is 169 Å². The molecule has 0 unspecified atom stereocenters. The van der Waals surface area contributed by atoms with E-state index in [2.05, 4.69) is 45.7 Å². The van der Waals surface area contributed by atoms with Gasteiger partial charge in [0.25, 0.3) is 0 Å². The number of benzene rings is 3. The molecule has 0 atom stereocenters. The van der Waals surface area contributed by atoms with E-state index >= 15 is 0 Å². The van der Waals surface area contributed by atoms with E-state index in [0.29, 0.717) is 6.54 Å². The smallest absolute Gasteiger partial charge is 0.214 e. The maximum absolute atomic E-state index is 13.3. The molecule has 28 heavy (non-hydrogen) atoms. The van der Waals surface area contributed by atoms with Crippen LogP contribution in [0.4, 0.5) is 9.52 Å². The maximum atomic E-state index is 13.3. The van der Waals surface area contributed by atoms with Gasteiger partial charge in [0.2, 0.25) is 10.1 Å². The summed E-state index contributed by atoms with van der Waals surface area (Å²) in [6.07, 6.45) is 1.84. The fourth-order valence-electron chi connectivity index (χ4n) is 3.14. The summed E-state index contributed by atoms with van der Waals surface area (Å²) in [5.41, 5.74) is 2.89. The zero-order chi connectivity index (χ0) is 19.1. The van der Waals surface area contributed by atoms with Crippen LogP contribution in [0.15, 0.2) is 66.9 Å². The molecule has 0 radical (unpaired) electrons. The lowest BCUT2D eigenvalue weighted by atomic mass is 10.1. The molecule has 0 fully saturated rings. The van der Waals surface area contributed by atoms with Crippen molar-refractivity contribution in [1.29, 1.82) is 0 Å². The summed E-state index contributed by atoms with van der Waals surface area (Å²) in [6.45, 7) is 0.502. The number of rotatable bonds is 4. The molecule has 0 amide bonds. The van der Waals surface area contributed by atoms with Crippen LogP contribution in [0.1, 0.15) is 5.56 Å². The van der Waals surface area contributed by atoms with Crippen LogP contribution >= 0.6 is 22.9 Å². The Morgan fingerprint density at radius 1 is 1.04 bits per heavy atom. The molecule has 138 valence electrons. The Morgan fingerprint density at radius 2 is 1.89 bits per heavy atom. The number of halogens is 2. The lowest BCUT2D eigenvalue weighted by Crippen LogP contribution is -2.00. The Hall–Kier alpha value is -2.96. The van der Waals surface area contributed by atoms with Crippen molar-refractivity contribution in [2.24, 2.45) is 0 Å². The molecule has 0 saturated heterocycles. The Morgan fingerprint density at radius 3 is 2.75 bits per heavy atom. The number of hydrogen-bond donors (Lipinski definition) is 1. The van der Waals surface area contributed by atoms with Gasteiger partial charge in [-0.25, -0.2) is 13.9 Å². The molecular formula is C21H14ClFN4S. The SMILES string of the molecule is Fc1ccc(CNc2nn3c(-c4ccc5ccccc5c4)cnc3s2)cc1Cl. The summed E-state index contributed by atoms with van der Waals surface area (Å²) in [7, 11) is 0. The summed E-state index contributed by atoms with van der Waals surface area (Å²) in [5, 5.41) is 11.1. The van der Waals surface area contributed by atoms with E-state index in [1.165, 1.54) is 28.2 Å². The van der Waals surface area contributed by atoms with Crippen molar-refractivity contribution < 1.29 is 4.39 Å². The maximum Gasteiger partial charge on any atom is 0.214 e. The number of nitrogens with one attached hydrogen (secondary N) is 1. The summed E-state index contributed by atoms with van der Waals surface area (Å²) >= 11 is 7.31. The highest BCUT2D eigenvalue weighted by molar-refractivity contribution is 7.20. The van der Waals surface area contributed by atoms with Crippen molar-refractivity contribution in [3.05, 3.63) is 83.3 Å². The fourth-order valence-corrected chi connectivity index (χ4v) is 4.11. The molecular weight excluding hydrogens is 395 g/mol. The van der Waals surface area contributed by atoms with Gasteiger partial charge in [0.1, 0.15) is 5.82 Å². The molecule has 5 aromatic rings. The third kappa shape index (κ3) is 3.10. The van der Waals surface area contributed by atoms with Gasteiger partial charge in [-0.15, -0.1) is 5.10 Å². The molecule has 0 aliphatic rings. The second kappa shape index (κ2) is 6.89. The van der Waals surface area contributed by atoms with Gasteiger partial charge < -0.3 is 5.32 Å². The van der Waals surface area contributed by atoms with Crippen molar-refractivity contribution in [3.8, 4) is 11.3 Å². The molecule has 4 nitrogen and oxygen atoms in total. The minimum Gasteiger partial charge on any atom is -0.356 e. The zero-order valence-electron chi connectivity index (χ0n) is 14.6. The number of hydrogen-bond acceptors (Lipinski definition) is 4. The third-order valence-corrected chi connectivity index (χ3v) is 5.73. The molecule has 1 N–H and O–H groups in total. The van der Waals surface area contributed by atoms with Crippen LogP contribution in [0.2, 0.25) is 5.02 Å². The summed E-state index contributed by atoms with van der Waals surface area (Å²) in [5.74, 6) is -0.418. The number of anilines is 1. The van der Waals surface area contributed by atoms with E-state index in [1.807, 2.05) is 22.8 Å². The van der Waals surface area contributed by atoms with E-state index in [1.54, 1.807) is 12.1 Å². The van der Waals surface area contributed by atoms with E-state index in [0.717, 1.165) is 26.9 Å². The number of imidazole rings is 1. The minimum atomic E-state index is -0.418. The lowest BCUT2D eigenvalue weighted by molar-refractivity contribution is 0.627. The van der Waals surface area contributed by atoms with Crippen LogP contribution in [0.3, 0.4) is 0 Å². The lowest BCUT2D eigenvalue weighted by Gasteiger charge is -2.04. The topological polar surface area (TPSA) is 42.2 Å². The monoisotopic (exact) mass is 408 g/mol. The summed E-state index contributed by atoms with van der Waals surface area (Å²) in [4.78, 5) is 5.29. The second-order valence-electron chi connectivity index (χ2n) is 6.41. The fraction of sp³-hybridized carbons (Fsp3) is 0.0476. The standard InChI is InChI=1S/C21H14ClFN4S/c22-17-9-13(5-8-18(17)23)11-24-20-26-27-19(12-25-21(27)28-20)16-7-6-14-3-1-2-4-15(14)10-16/h1-10,12H,11H2,(H,24,26). The van der Waals surface area contributed by atoms with Crippen molar-refractivity contribution in [2.45, 2.75) is 6.54 Å². The molecule has 3 aromatic carbocycles. The van der Waals surface area contributed by atoms with Crippen LogP contribution in [-0.4, -0.2) is 14.6 Å². The first kappa shape index (κ1) is 17.2. The summed E-state index contributed by atoms with van der Waals surface area (Å²) in [6, 6.07) is 19.3. The molecule has 0 bridgehead atoms. The highest BCUT2D eigenvalue weighted by atomic mass is 35.5. The zero-order valence-corrected chi connectivity index (χ0v) is 16.1. The predicted octanol–water partition coefficient (Wildman–Crippen LogP) is 6.02. The van der Waals surface area contributed by atoms with Crippen LogP contribution in [-0.2, 0) is 6.54 Å². The van der Waals surface area contributed by atoms with E-state index in [4.69, 9.17) is 11.6 Å². The van der Waals surface area contributed by atoms with Gasteiger partial charge in [-0.05, 0) is 34.5 Å². The van der Waals surface area contributed by atoms with Gasteiger partial charge in [0.15, 0.2) is 0 Å². The van der Waals surface area contributed by atoms with Crippen LogP contribution in [0.5, 0.6) is 0 Å². The van der Waals surface area contributed by atoms with Gasteiger partial charge >= 0.3 is 0 Å². The quantitative estimate of drug-likeness (QED) is 0.395. The Balaban J connectivity index is 1.43. The molecule has 5 rings (SSSR count). The molecule has 0 aliphatic carbocycles. The van der Waals surface area contributed by atoms with Crippen LogP contribution in [0.25, 0.3) is 27.0 Å². The second-order valence-corrected chi connectivity index (χ2v) is 7.77. The molecule has 0 spiro atoms. The van der Waals surface area contributed by atoms with Gasteiger partial charge in [0.05, 0.1) is 16.9 Å². The van der Waals surface area contributed by atoms with Crippen LogP contribution < -0.4 is 5.32 Å². The number of fused-ring (bicyclic) bond motifs is 2. The van der Waals surface area contributed by atoms with Crippen molar-refractivity contribution in [2.75, 3.05) is 5.32 Å². The molecule has 7 heteroatoms. The van der Waals surface area contributed by atoms with E-state index in [-0.39, 0.29) is 5.02 Å². The average molecular weight is 409 g/mol. The first-order valence-electron chi connectivity index (χ1n) is 8.69. The molecule has 2 heterocycles. The highest BCUT2D eigenvalue weighted by Gasteiger charge is 2.12. The predicted molar refractivity (Wildman–Crippen MR) is 113 cm³/mol. The molecule has 0 saturated carbocycles. The largest absolute Gasteiger partial charge is 0.356 e. The number of nitrogens with zero attached hydrogens (tertiary/aromatic N) is 3. The van der Waals surface area contributed by atoms with E-state index < -0.39 is 5.82 Å². The highest BCUT2D eigenvalue weighted by Crippen LogP contribution is 2.28. The normalized spacial score (nSPS) is 11.4. The first-order valence-corrected chi connectivity index (χ1v) is 9.88. The third-order valence-electron chi connectivity index (χ3n) is 4.56. The number of aromatic nitrogens is 3. The Kier molecular flexibility index (Phi) is 4.22. The average Bonchev–Trinajstić information content (AvgIpc) is 3.29. The van der Waals surface area contributed by atoms with Gasteiger partial charge in [-0.1, -0.05) is 65.4 Å². The molecule has 2 aromatic heterocycles. The molecule has 0 aliphatic heterocycles. The van der Waals surface area contributed by atoms with Gasteiger partial charge in [-0.3, -0.25) is 0 Å². The van der Waals surface area contributed by atoms with Crippen molar-refractivity contribution in [3.63, 3.8) is 0 Å². The Bertz CT molecular complexity index is 1310. The first-order chi connectivity index (χ1) is 13.7.